The normalized spacial score (nSPS) is 28.9. The molecule has 84 valence electrons. The van der Waals surface area contributed by atoms with Crippen molar-refractivity contribution >= 4 is 11.9 Å². The minimum absolute atomic E-state index is 0.0579. The first-order valence-corrected chi connectivity index (χ1v) is 4.89. The summed E-state index contributed by atoms with van der Waals surface area (Å²) >= 11 is 0. The Labute approximate surface area is 87.1 Å². The summed E-state index contributed by atoms with van der Waals surface area (Å²) in [5.41, 5.74) is 0. The molecule has 0 aromatic rings. The summed E-state index contributed by atoms with van der Waals surface area (Å²) in [7, 11) is 0. The lowest BCUT2D eigenvalue weighted by molar-refractivity contribution is -0.168. The Balaban J connectivity index is 1.82. The van der Waals surface area contributed by atoms with Gasteiger partial charge in [-0.05, 0) is 0 Å². The maximum absolute atomic E-state index is 11.0. The van der Waals surface area contributed by atoms with Crippen molar-refractivity contribution in [2.75, 3.05) is 39.5 Å². The lowest BCUT2D eigenvalue weighted by Gasteiger charge is -2.30. The molecular formula is C9H13NO5. The van der Waals surface area contributed by atoms with Crippen LogP contribution in [0.1, 0.15) is 0 Å². The highest BCUT2D eigenvalue weighted by molar-refractivity contribution is 5.90. The molecule has 0 spiro atoms. The molecular weight excluding hydrogens is 202 g/mol. The van der Waals surface area contributed by atoms with Crippen LogP contribution < -0.4 is 0 Å². The third kappa shape index (κ3) is 2.98. The topological polar surface area (TPSA) is 65.1 Å². The Morgan fingerprint density at radius 2 is 1.93 bits per heavy atom. The third-order valence-electron chi connectivity index (χ3n) is 2.28. The van der Waals surface area contributed by atoms with Crippen LogP contribution in [0.2, 0.25) is 0 Å². The van der Waals surface area contributed by atoms with Crippen LogP contribution >= 0.6 is 0 Å². The average Bonchev–Trinajstić information content (AvgIpc) is 2.17. The maximum Gasteiger partial charge on any atom is 0.327 e. The van der Waals surface area contributed by atoms with Crippen molar-refractivity contribution in [2.24, 2.45) is 0 Å². The molecule has 0 saturated carbocycles. The zero-order valence-electron chi connectivity index (χ0n) is 8.31. The number of cyclic esters (lactones) is 2. The van der Waals surface area contributed by atoms with E-state index < -0.39 is 11.9 Å². The number of nitrogens with zero attached hydrogens (tertiary/aromatic N) is 1. The van der Waals surface area contributed by atoms with Gasteiger partial charge in [-0.15, -0.1) is 0 Å². The molecule has 2 aliphatic heterocycles. The van der Waals surface area contributed by atoms with E-state index in [1.807, 2.05) is 0 Å². The average molecular weight is 215 g/mol. The molecule has 2 rings (SSSR count). The van der Waals surface area contributed by atoms with Gasteiger partial charge in [0.15, 0.2) is 0 Å². The van der Waals surface area contributed by atoms with Crippen LogP contribution in [-0.4, -0.2) is 62.4 Å². The highest BCUT2D eigenvalue weighted by Crippen LogP contribution is 2.06. The summed E-state index contributed by atoms with van der Waals surface area (Å²) in [4.78, 5) is 23.7. The van der Waals surface area contributed by atoms with Gasteiger partial charge in [0, 0.05) is 6.54 Å². The van der Waals surface area contributed by atoms with Crippen LogP contribution in [0.15, 0.2) is 0 Å². The maximum atomic E-state index is 11.0. The molecule has 0 radical (unpaired) electrons. The van der Waals surface area contributed by atoms with E-state index in [0.717, 1.165) is 0 Å². The van der Waals surface area contributed by atoms with Crippen LogP contribution in [0.4, 0.5) is 0 Å². The van der Waals surface area contributed by atoms with Crippen molar-refractivity contribution in [2.45, 2.75) is 6.10 Å². The molecule has 1 unspecified atom stereocenters. The molecule has 2 saturated heterocycles. The summed E-state index contributed by atoms with van der Waals surface area (Å²) < 4.78 is 15.1. The Bertz CT molecular complexity index is 245. The molecule has 15 heavy (non-hydrogen) atoms. The van der Waals surface area contributed by atoms with Crippen molar-refractivity contribution in [1.29, 1.82) is 0 Å². The van der Waals surface area contributed by atoms with Gasteiger partial charge in [0.25, 0.3) is 0 Å². The summed E-state index contributed by atoms with van der Waals surface area (Å²) in [6.45, 7) is 2.51. The smallest absolute Gasteiger partial charge is 0.327 e. The molecule has 0 aromatic heterocycles. The first-order valence-electron chi connectivity index (χ1n) is 4.89. The fourth-order valence-corrected chi connectivity index (χ4v) is 1.67. The zero-order chi connectivity index (χ0) is 10.7. The Morgan fingerprint density at radius 1 is 1.20 bits per heavy atom. The molecule has 6 nitrogen and oxygen atoms in total. The Hall–Kier alpha value is -0.980. The first kappa shape index (κ1) is 10.5. The van der Waals surface area contributed by atoms with Crippen LogP contribution in [0, 0.1) is 0 Å². The summed E-state index contributed by atoms with van der Waals surface area (Å²) in [6.07, 6.45) is -0.0579. The molecule has 0 N–H and O–H groups in total. The van der Waals surface area contributed by atoms with Crippen molar-refractivity contribution in [3.63, 3.8) is 0 Å². The second-order valence-corrected chi connectivity index (χ2v) is 3.58. The van der Waals surface area contributed by atoms with Gasteiger partial charge >= 0.3 is 11.9 Å². The molecule has 6 heteroatoms. The minimum Gasteiger partial charge on any atom is -0.391 e. The fraction of sp³-hybridized carbons (Fsp3) is 0.778. The van der Waals surface area contributed by atoms with Gasteiger partial charge in [0.1, 0.15) is 0 Å². The lowest BCUT2D eigenvalue weighted by Crippen LogP contribution is -2.48. The van der Waals surface area contributed by atoms with Crippen LogP contribution in [0.3, 0.4) is 0 Å². The predicted molar refractivity (Wildman–Crippen MR) is 48.1 cm³/mol. The van der Waals surface area contributed by atoms with Gasteiger partial charge < -0.3 is 14.2 Å². The number of carbonyl (C=O) groups is 2. The monoisotopic (exact) mass is 215 g/mol. The molecule has 2 aliphatic rings. The molecule has 1 atom stereocenters. The quantitative estimate of drug-likeness (QED) is 0.425. The number of ether oxygens (including phenoxy) is 3. The number of morpholine rings is 1. The minimum atomic E-state index is -0.497. The highest BCUT2D eigenvalue weighted by Gasteiger charge is 2.27. The third-order valence-corrected chi connectivity index (χ3v) is 2.28. The van der Waals surface area contributed by atoms with Crippen molar-refractivity contribution in [3.05, 3.63) is 0 Å². The molecule has 0 aliphatic carbocycles. The molecule has 0 amide bonds. The number of esters is 2. The van der Waals surface area contributed by atoms with E-state index in [4.69, 9.17) is 9.47 Å². The fourth-order valence-electron chi connectivity index (χ4n) is 1.67. The summed E-state index contributed by atoms with van der Waals surface area (Å²) in [5.74, 6) is -0.994. The SMILES string of the molecule is O=C1CN(CC2COCCO2)CC(=O)O1. The summed E-state index contributed by atoms with van der Waals surface area (Å²) in [6, 6.07) is 0. The number of hydrogen-bond donors (Lipinski definition) is 0. The van der Waals surface area contributed by atoms with E-state index in [9.17, 15) is 9.59 Å². The Morgan fingerprint density at radius 3 is 2.53 bits per heavy atom. The van der Waals surface area contributed by atoms with Gasteiger partial charge in [-0.1, -0.05) is 0 Å². The zero-order valence-corrected chi connectivity index (χ0v) is 8.31. The van der Waals surface area contributed by atoms with Crippen LogP contribution in [0.25, 0.3) is 0 Å². The van der Waals surface area contributed by atoms with E-state index in [1.165, 1.54) is 0 Å². The van der Waals surface area contributed by atoms with E-state index in [2.05, 4.69) is 4.74 Å². The number of carbonyl (C=O) groups excluding carboxylic acids is 2. The van der Waals surface area contributed by atoms with Gasteiger partial charge in [-0.3, -0.25) is 14.5 Å². The van der Waals surface area contributed by atoms with Crippen molar-refractivity contribution in [3.8, 4) is 0 Å². The van der Waals surface area contributed by atoms with E-state index in [0.29, 0.717) is 26.4 Å². The highest BCUT2D eigenvalue weighted by atomic mass is 16.6. The Kier molecular flexibility index (Phi) is 3.30. The van der Waals surface area contributed by atoms with E-state index in [1.54, 1.807) is 4.90 Å². The second-order valence-electron chi connectivity index (χ2n) is 3.58. The number of hydrogen-bond acceptors (Lipinski definition) is 6. The van der Waals surface area contributed by atoms with Gasteiger partial charge in [0.05, 0.1) is 39.0 Å². The predicted octanol–water partition coefficient (Wildman–Crippen LogP) is -1.21. The molecule has 2 heterocycles. The largest absolute Gasteiger partial charge is 0.391 e. The standard InChI is InChI=1S/C9H13NO5/c11-8-4-10(5-9(12)15-8)3-7-6-13-1-2-14-7/h7H,1-6H2. The lowest BCUT2D eigenvalue weighted by atomic mass is 10.3. The summed E-state index contributed by atoms with van der Waals surface area (Å²) in [5, 5.41) is 0. The van der Waals surface area contributed by atoms with Crippen molar-refractivity contribution in [1.82, 2.24) is 4.90 Å². The van der Waals surface area contributed by atoms with Gasteiger partial charge in [0.2, 0.25) is 0 Å². The van der Waals surface area contributed by atoms with Crippen LogP contribution in [-0.2, 0) is 23.8 Å². The van der Waals surface area contributed by atoms with Crippen molar-refractivity contribution < 1.29 is 23.8 Å². The number of rotatable bonds is 2. The second kappa shape index (κ2) is 4.69. The van der Waals surface area contributed by atoms with E-state index >= 15 is 0 Å². The van der Waals surface area contributed by atoms with Gasteiger partial charge in [-0.25, -0.2) is 0 Å². The van der Waals surface area contributed by atoms with Crippen LogP contribution in [0.5, 0.6) is 0 Å². The van der Waals surface area contributed by atoms with Gasteiger partial charge in [-0.2, -0.15) is 0 Å². The first-order chi connectivity index (χ1) is 7.24. The molecule has 2 fully saturated rings. The molecule has 0 bridgehead atoms. The molecule has 0 aromatic carbocycles. The van der Waals surface area contributed by atoms with E-state index in [-0.39, 0.29) is 19.2 Å².